The SMILES string of the molecule is CC[C@@]1(O)C[C@H](O[C@H]2C[C@H](NC)[C@H](O)[C@H](C)O2)c2c(O)c3c(c(O)c2C1O)C(=O)c1cccc(OC)c1C3=O. The van der Waals surface area contributed by atoms with Gasteiger partial charge < -0.3 is 45.1 Å². The minimum atomic E-state index is -1.79. The maximum absolute atomic E-state index is 13.7. The normalized spacial score (nSPS) is 31.9. The van der Waals surface area contributed by atoms with E-state index < -0.39 is 70.5 Å². The van der Waals surface area contributed by atoms with Gasteiger partial charge >= 0.3 is 0 Å². The van der Waals surface area contributed by atoms with Crippen molar-refractivity contribution in [1.29, 1.82) is 0 Å². The zero-order valence-corrected chi connectivity index (χ0v) is 22.1. The molecule has 11 heteroatoms. The third kappa shape index (κ3) is 4.03. The molecule has 2 aliphatic carbocycles. The second-order valence-electron chi connectivity index (χ2n) is 10.4. The Bertz CT molecular complexity index is 1340. The minimum absolute atomic E-state index is 0.0217. The fourth-order valence-electron chi connectivity index (χ4n) is 6.06. The molecule has 3 aliphatic rings. The van der Waals surface area contributed by atoms with Crippen molar-refractivity contribution >= 4 is 11.6 Å². The van der Waals surface area contributed by atoms with Crippen LogP contribution in [-0.4, -0.2) is 81.4 Å². The Morgan fingerprint density at radius 2 is 1.74 bits per heavy atom. The van der Waals surface area contributed by atoms with Crippen LogP contribution in [0.2, 0.25) is 0 Å². The number of aliphatic hydroxyl groups excluding tert-OH is 2. The topological polar surface area (TPSA) is 175 Å². The van der Waals surface area contributed by atoms with E-state index in [0.29, 0.717) is 0 Å². The summed E-state index contributed by atoms with van der Waals surface area (Å²) in [6.07, 6.45) is -5.06. The first-order chi connectivity index (χ1) is 18.5. The molecule has 0 radical (unpaired) electrons. The Morgan fingerprint density at radius 3 is 2.38 bits per heavy atom. The number of hydrogen-bond donors (Lipinski definition) is 6. The molecule has 0 saturated carbocycles. The lowest BCUT2D eigenvalue weighted by molar-refractivity contribution is -0.254. The number of likely N-dealkylation sites (N-methyl/N-ethyl adjacent to an activating group) is 1. The van der Waals surface area contributed by atoms with Crippen molar-refractivity contribution in [2.75, 3.05) is 14.2 Å². The Labute approximate surface area is 224 Å². The number of carbonyl (C=O) groups excluding carboxylic acids is 2. The lowest BCUT2D eigenvalue weighted by Crippen LogP contribution is -2.53. The number of hydrogen-bond acceptors (Lipinski definition) is 11. The van der Waals surface area contributed by atoms with E-state index in [1.54, 1.807) is 20.9 Å². The lowest BCUT2D eigenvalue weighted by atomic mass is 9.70. The van der Waals surface area contributed by atoms with E-state index in [1.807, 2.05) is 0 Å². The predicted molar refractivity (Wildman–Crippen MR) is 136 cm³/mol. The number of aromatic hydroxyl groups is 2. The van der Waals surface area contributed by atoms with E-state index in [-0.39, 0.29) is 53.3 Å². The molecule has 5 rings (SSSR count). The van der Waals surface area contributed by atoms with E-state index in [1.165, 1.54) is 25.3 Å². The van der Waals surface area contributed by atoms with Gasteiger partial charge in [-0.05, 0) is 26.5 Å². The first-order valence-electron chi connectivity index (χ1n) is 12.9. The summed E-state index contributed by atoms with van der Waals surface area (Å²) < 4.78 is 17.3. The molecular formula is C28H33NO10. The zero-order valence-electron chi connectivity index (χ0n) is 22.1. The highest BCUT2D eigenvalue weighted by atomic mass is 16.7. The molecule has 0 amide bonds. The van der Waals surface area contributed by atoms with Crippen molar-refractivity contribution < 1.29 is 49.3 Å². The van der Waals surface area contributed by atoms with Crippen LogP contribution in [0.25, 0.3) is 0 Å². The van der Waals surface area contributed by atoms with E-state index >= 15 is 0 Å². The molecule has 210 valence electrons. The molecule has 7 atom stereocenters. The maximum Gasteiger partial charge on any atom is 0.202 e. The monoisotopic (exact) mass is 543 g/mol. The number of carbonyl (C=O) groups is 2. The van der Waals surface area contributed by atoms with Crippen LogP contribution in [0.4, 0.5) is 0 Å². The van der Waals surface area contributed by atoms with Gasteiger partial charge in [-0.25, -0.2) is 0 Å². The molecule has 1 unspecified atom stereocenters. The summed E-state index contributed by atoms with van der Waals surface area (Å²) in [7, 11) is 3.04. The van der Waals surface area contributed by atoms with Gasteiger partial charge in [-0.15, -0.1) is 0 Å². The molecule has 11 nitrogen and oxygen atoms in total. The second kappa shape index (κ2) is 9.84. The molecule has 0 bridgehead atoms. The smallest absolute Gasteiger partial charge is 0.202 e. The number of benzene rings is 2. The summed E-state index contributed by atoms with van der Waals surface area (Å²) in [6, 6.07) is 4.08. The Hall–Kier alpha value is -3.06. The lowest BCUT2D eigenvalue weighted by Gasteiger charge is -2.45. The quantitative estimate of drug-likeness (QED) is 0.258. The highest BCUT2D eigenvalue weighted by Crippen LogP contribution is 2.56. The van der Waals surface area contributed by atoms with Crippen molar-refractivity contribution in [2.24, 2.45) is 0 Å². The molecule has 1 fully saturated rings. The first kappa shape index (κ1) is 27.5. The van der Waals surface area contributed by atoms with Crippen LogP contribution in [-0.2, 0) is 9.47 Å². The Balaban J connectivity index is 1.68. The molecule has 1 saturated heterocycles. The fraction of sp³-hybridized carbons (Fsp3) is 0.500. The number of ether oxygens (including phenoxy) is 3. The zero-order chi connectivity index (χ0) is 28.4. The molecule has 0 spiro atoms. The molecule has 2 aromatic carbocycles. The largest absolute Gasteiger partial charge is 0.507 e. The third-order valence-electron chi connectivity index (χ3n) is 8.34. The number of methoxy groups -OCH3 is 1. The highest BCUT2D eigenvalue weighted by Gasteiger charge is 2.51. The number of aliphatic hydroxyl groups is 3. The molecular weight excluding hydrogens is 510 g/mol. The van der Waals surface area contributed by atoms with Gasteiger partial charge in [0.05, 0.1) is 47.7 Å². The van der Waals surface area contributed by atoms with Crippen LogP contribution in [0.3, 0.4) is 0 Å². The van der Waals surface area contributed by atoms with Gasteiger partial charge in [0.1, 0.15) is 23.4 Å². The van der Waals surface area contributed by atoms with Crippen LogP contribution >= 0.6 is 0 Å². The molecule has 1 aliphatic heterocycles. The average Bonchev–Trinajstić information content (AvgIpc) is 2.92. The van der Waals surface area contributed by atoms with E-state index in [0.717, 1.165) is 0 Å². The standard InChI is InChI=1S/C28H33NO10/c1-5-28(36)10-15(39-16-9-13(29-3)22(30)11(2)38-16)18-21(27(28)35)26(34)19-20(25(18)33)24(32)17-12(23(19)31)7-6-8-14(17)37-4/h6-8,11,13,15-16,22,27,29-30,33-36H,5,9-10H2,1-4H3/t11-,13-,15-,16-,22+,27?,28+/m0/s1. The highest BCUT2D eigenvalue weighted by molar-refractivity contribution is 6.31. The van der Waals surface area contributed by atoms with Crippen molar-refractivity contribution in [3.8, 4) is 17.2 Å². The van der Waals surface area contributed by atoms with Crippen molar-refractivity contribution in [3.05, 3.63) is 51.6 Å². The molecule has 6 N–H and O–H groups in total. The predicted octanol–water partition coefficient (Wildman–Crippen LogP) is 1.60. The van der Waals surface area contributed by atoms with Gasteiger partial charge in [-0.2, -0.15) is 0 Å². The summed E-state index contributed by atoms with van der Waals surface area (Å²) >= 11 is 0. The summed E-state index contributed by atoms with van der Waals surface area (Å²) in [5.41, 5.74) is -3.16. The van der Waals surface area contributed by atoms with Crippen LogP contribution in [0, 0.1) is 0 Å². The Morgan fingerprint density at radius 1 is 1.08 bits per heavy atom. The number of fused-ring (bicyclic) bond motifs is 3. The Kier molecular flexibility index (Phi) is 6.94. The summed E-state index contributed by atoms with van der Waals surface area (Å²) in [6.45, 7) is 3.32. The van der Waals surface area contributed by atoms with Crippen LogP contribution in [0.15, 0.2) is 18.2 Å². The first-order valence-corrected chi connectivity index (χ1v) is 12.9. The fourth-order valence-corrected chi connectivity index (χ4v) is 6.06. The van der Waals surface area contributed by atoms with Crippen LogP contribution in [0.1, 0.15) is 88.3 Å². The third-order valence-corrected chi connectivity index (χ3v) is 8.34. The number of phenolic OH excluding ortho intramolecular Hbond substituents is 2. The summed E-state index contributed by atoms with van der Waals surface area (Å²) in [5, 5.41) is 59.0. The van der Waals surface area contributed by atoms with Gasteiger partial charge in [0, 0.05) is 35.6 Å². The number of nitrogens with one attached hydrogen (secondary N) is 1. The minimum Gasteiger partial charge on any atom is -0.507 e. The van der Waals surface area contributed by atoms with Crippen molar-refractivity contribution in [2.45, 2.75) is 75.5 Å². The van der Waals surface area contributed by atoms with Gasteiger partial charge in [-0.3, -0.25) is 9.59 Å². The van der Waals surface area contributed by atoms with Crippen LogP contribution < -0.4 is 10.1 Å². The van der Waals surface area contributed by atoms with E-state index in [9.17, 15) is 35.1 Å². The molecule has 39 heavy (non-hydrogen) atoms. The van der Waals surface area contributed by atoms with E-state index in [4.69, 9.17) is 14.2 Å². The van der Waals surface area contributed by atoms with Gasteiger partial charge in [0.25, 0.3) is 0 Å². The number of rotatable bonds is 5. The van der Waals surface area contributed by atoms with E-state index in [2.05, 4.69) is 5.32 Å². The second-order valence-corrected chi connectivity index (χ2v) is 10.4. The van der Waals surface area contributed by atoms with Crippen molar-refractivity contribution in [3.63, 3.8) is 0 Å². The maximum atomic E-state index is 13.7. The average molecular weight is 544 g/mol. The number of phenols is 2. The molecule has 2 aromatic rings. The molecule has 0 aromatic heterocycles. The van der Waals surface area contributed by atoms with Crippen LogP contribution in [0.5, 0.6) is 17.2 Å². The van der Waals surface area contributed by atoms with Gasteiger partial charge in [0.2, 0.25) is 5.78 Å². The van der Waals surface area contributed by atoms with Crippen molar-refractivity contribution in [1.82, 2.24) is 5.32 Å². The summed E-state index contributed by atoms with van der Waals surface area (Å²) in [4.78, 5) is 27.2. The van der Waals surface area contributed by atoms with Gasteiger partial charge in [0.15, 0.2) is 12.1 Å². The molecule has 1 heterocycles. The number of ketones is 2. The van der Waals surface area contributed by atoms with Gasteiger partial charge in [-0.1, -0.05) is 19.1 Å². The summed E-state index contributed by atoms with van der Waals surface area (Å²) in [5.74, 6) is -2.69.